The van der Waals surface area contributed by atoms with E-state index in [1.807, 2.05) is 0 Å². The van der Waals surface area contributed by atoms with Crippen molar-refractivity contribution in [1.29, 1.82) is 0 Å². The third-order valence-electron chi connectivity index (χ3n) is 3.55. The lowest BCUT2D eigenvalue weighted by Crippen LogP contribution is -2.36. The lowest BCUT2D eigenvalue weighted by Gasteiger charge is -2.23. The molecular weight excluding hydrogens is 222 g/mol. The summed E-state index contributed by atoms with van der Waals surface area (Å²) in [6.07, 6.45) is 9.30. The van der Waals surface area contributed by atoms with Gasteiger partial charge in [-0.25, -0.2) is 8.42 Å². The SMILES string of the molecule is C[C@H](NCCS(C)(=O)=O)C1CCCCCC1. The van der Waals surface area contributed by atoms with Gasteiger partial charge in [-0.1, -0.05) is 25.7 Å². The van der Waals surface area contributed by atoms with Crippen LogP contribution >= 0.6 is 0 Å². The van der Waals surface area contributed by atoms with Crippen LogP contribution in [0.25, 0.3) is 0 Å². The number of hydrogen-bond donors (Lipinski definition) is 1. The quantitative estimate of drug-likeness (QED) is 0.756. The second-order valence-electron chi connectivity index (χ2n) is 5.12. The van der Waals surface area contributed by atoms with E-state index >= 15 is 0 Å². The average molecular weight is 247 g/mol. The molecule has 0 saturated heterocycles. The van der Waals surface area contributed by atoms with Gasteiger partial charge in [-0.15, -0.1) is 0 Å². The van der Waals surface area contributed by atoms with Crippen LogP contribution in [-0.4, -0.2) is 33.0 Å². The zero-order chi connectivity index (χ0) is 12.0. The van der Waals surface area contributed by atoms with Gasteiger partial charge in [0.05, 0.1) is 5.75 Å². The second-order valence-corrected chi connectivity index (χ2v) is 7.38. The summed E-state index contributed by atoms with van der Waals surface area (Å²) in [5.41, 5.74) is 0. The molecule has 1 N–H and O–H groups in total. The van der Waals surface area contributed by atoms with Crippen LogP contribution in [0.4, 0.5) is 0 Å². The van der Waals surface area contributed by atoms with E-state index in [4.69, 9.17) is 0 Å². The predicted octanol–water partition coefficient (Wildman–Crippen LogP) is 1.98. The monoisotopic (exact) mass is 247 g/mol. The molecule has 0 aliphatic heterocycles. The van der Waals surface area contributed by atoms with E-state index < -0.39 is 9.84 Å². The molecule has 96 valence electrons. The van der Waals surface area contributed by atoms with E-state index in [1.54, 1.807) is 0 Å². The number of nitrogens with one attached hydrogen (secondary N) is 1. The van der Waals surface area contributed by atoms with Crippen LogP contribution in [0, 0.1) is 5.92 Å². The fraction of sp³-hybridized carbons (Fsp3) is 1.00. The standard InChI is InChI=1S/C12H25NO2S/c1-11(13-9-10-16(2,14)15)12-7-5-3-4-6-8-12/h11-13H,3-10H2,1-2H3/t11-/m0/s1. The Kier molecular flexibility index (Phi) is 5.76. The molecule has 0 bridgehead atoms. The van der Waals surface area contributed by atoms with Crippen molar-refractivity contribution in [3.63, 3.8) is 0 Å². The van der Waals surface area contributed by atoms with E-state index in [1.165, 1.54) is 44.8 Å². The Morgan fingerprint density at radius 2 is 1.75 bits per heavy atom. The minimum Gasteiger partial charge on any atom is -0.313 e. The van der Waals surface area contributed by atoms with Crippen LogP contribution in [0.1, 0.15) is 45.4 Å². The van der Waals surface area contributed by atoms with Gasteiger partial charge in [0.2, 0.25) is 0 Å². The van der Waals surface area contributed by atoms with Crippen molar-refractivity contribution in [2.45, 2.75) is 51.5 Å². The van der Waals surface area contributed by atoms with E-state index in [0.29, 0.717) is 12.6 Å². The fourth-order valence-electron chi connectivity index (χ4n) is 2.45. The van der Waals surface area contributed by atoms with Crippen LogP contribution in [0.5, 0.6) is 0 Å². The predicted molar refractivity (Wildman–Crippen MR) is 68.4 cm³/mol. The molecule has 0 amide bonds. The Hall–Kier alpha value is -0.0900. The molecular formula is C12H25NO2S. The summed E-state index contributed by atoms with van der Waals surface area (Å²) in [6.45, 7) is 2.79. The van der Waals surface area contributed by atoms with E-state index in [2.05, 4.69) is 12.2 Å². The van der Waals surface area contributed by atoms with Crippen molar-refractivity contribution in [2.24, 2.45) is 5.92 Å². The Labute approximate surface area is 99.9 Å². The Morgan fingerprint density at radius 3 is 2.25 bits per heavy atom. The largest absolute Gasteiger partial charge is 0.313 e. The molecule has 1 fully saturated rings. The third-order valence-corrected chi connectivity index (χ3v) is 4.49. The Morgan fingerprint density at radius 1 is 1.19 bits per heavy atom. The van der Waals surface area contributed by atoms with Crippen molar-refractivity contribution in [3.8, 4) is 0 Å². The van der Waals surface area contributed by atoms with Crippen LogP contribution in [0.15, 0.2) is 0 Å². The first-order chi connectivity index (χ1) is 7.49. The maximum absolute atomic E-state index is 11.0. The van der Waals surface area contributed by atoms with Gasteiger partial charge in [0.15, 0.2) is 0 Å². The van der Waals surface area contributed by atoms with Crippen molar-refractivity contribution < 1.29 is 8.42 Å². The molecule has 1 saturated carbocycles. The highest BCUT2D eigenvalue weighted by molar-refractivity contribution is 7.90. The van der Waals surface area contributed by atoms with E-state index in [9.17, 15) is 8.42 Å². The zero-order valence-electron chi connectivity index (χ0n) is 10.5. The van der Waals surface area contributed by atoms with Crippen LogP contribution in [0.3, 0.4) is 0 Å². The second kappa shape index (κ2) is 6.60. The first-order valence-electron chi connectivity index (χ1n) is 6.40. The molecule has 4 heteroatoms. The molecule has 1 atom stereocenters. The number of rotatable bonds is 5. The summed E-state index contributed by atoms with van der Waals surface area (Å²) in [7, 11) is -2.82. The lowest BCUT2D eigenvalue weighted by atomic mass is 9.93. The molecule has 1 aliphatic carbocycles. The summed E-state index contributed by atoms with van der Waals surface area (Å²) in [4.78, 5) is 0. The summed E-state index contributed by atoms with van der Waals surface area (Å²) in [5.74, 6) is 0.992. The highest BCUT2D eigenvalue weighted by Crippen LogP contribution is 2.25. The van der Waals surface area contributed by atoms with Crippen molar-refractivity contribution in [1.82, 2.24) is 5.32 Å². The van der Waals surface area contributed by atoms with Gasteiger partial charge in [0.1, 0.15) is 9.84 Å². The molecule has 3 nitrogen and oxygen atoms in total. The molecule has 0 unspecified atom stereocenters. The van der Waals surface area contributed by atoms with Crippen LogP contribution in [0.2, 0.25) is 0 Å². The molecule has 0 radical (unpaired) electrons. The van der Waals surface area contributed by atoms with Gasteiger partial charge < -0.3 is 5.32 Å². The Balaban J connectivity index is 2.25. The van der Waals surface area contributed by atoms with E-state index in [-0.39, 0.29) is 5.75 Å². The first kappa shape index (κ1) is 14.0. The van der Waals surface area contributed by atoms with E-state index in [0.717, 1.165) is 5.92 Å². The minimum atomic E-state index is -2.82. The molecule has 0 aromatic rings. The molecule has 0 spiro atoms. The minimum absolute atomic E-state index is 0.254. The topological polar surface area (TPSA) is 46.2 Å². The van der Waals surface area contributed by atoms with Gasteiger partial charge in [-0.05, 0) is 25.7 Å². The summed E-state index contributed by atoms with van der Waals surface area (Å²) < 4.78 is 22.0. The fourth-order valence-corrected chi connectivity index (χ4v) is 2.94. The first-order valence-corrected chi connectivity index (χ1v) is 8.46. The maximum atomic E-state index is 11.0. The maximum Gasteiger partial charge on any atom is 0.148 e. The summed E-state index contributed by atoms with van der Waals surface area (Å²) >= 11 is 0. The van der Waals surface area contributed by atoms with Crippen molar-refractivity contribution in [3.05, 3.63) is 0 Å². The molecule has 16 heavy (non-hydrogen) atoms. The Bertz CT molecular complexity index is 279. The zero-order valence-corrected chi connectivity index (χ0v) is 11.4. The smallest absolute Gasteiger partial charge is 0.148 e. The third kappa shape index (κ3) is 5.85. The molecule has 1 aliphatic rings. The van der Waals surface area contributed by atoms with Crippen molar-refractivity contribution >= 4 is 9.84 Å². The molecule has 0 heterocycles. The van der Waals surface area contributed by atoms with Gasteiger partial charge in [-0.3, -0.25) is 0 Å². The van der Waals surface area contributed by atoms with Gasteiger partial charge in [0, 0.05) is 18.8 Å². The van der Waals surface area contributed by atoms with Crippen LogP contribution < -0.4 is 5.32 Å². The van der Waals surface area contributed by atoms with Gasteiger partial charge in [-0.2, -0.15) is 0 Å². The normalized spacial score (nSPS) is 21.6. The number of sulfone groups is 1. The van der Waals surface area contributed by atoms with Gasteiger partial charge >= 0.3 is 0 Å². The van der Waals surface area contributed by atoms with Gasteiger partial charge in [0.25, 0.3) is 0 Å². The highest BCUT2D eigenvalue weighted by Gasteiger charge is 2.18. The van der Waals surface area contributed by atoms with Crippen molar-refractivity contribution in [2.75, 3.05) is 18.6 Å². The van der Waals surface area contributed by atoms with Crippen LogP contribution in [-0.2, 0) is 9.84 Å². The molecule has 0 aromatic carbocycles. The number of hydrogen-bond acceptors (Lipinski definition) is 3. The highest BCUT2D eigenvalue weighted by atomic mass is 32.2. The molecule has 0 aromatic heterocycles. The summed E-state index contributed by atoms with van der Waals surface area (Å²) in [6, 6.07) is 0.458. The summed E-state index contributed by atoms with van der Waals surface area (Å²) in [5, 5.41) is 3.36. The lowest BCUT2D eigenvalue weighted by molar-refractivity contribution is 0.343. The average Bonchev–Trinajstić information content (AvgIpc) is 2.43. The molecule has 1 rings (SSSR count).